The Morgan fingerprint density at radius 2 is 1.93 bits per heavy atom. The maximum Gasteiger partial charge on any atom is 0.255 e. The van der Waals surface area contributed by atoms with Gasteiger partial charge in [0.2, 0.25) is 11.1 Å². The van der Waals surface area contributed by atoms with Crippen LogP contribution in [0.2, 0.25) is 5.02 Å². The average Bonchev–Trinajstić information content (AvgIpc) is 3.37. The van der Waals surface area contributed by atoms with E-state index in [9.17, 15) is 4.79 Å². The van der Waals surface area contributed by atoms with Gasteiger partial charge in [-0.05, 0) is 70.7 Å². The third kappa shape index (κ3) is 6.39. The van der Waals surface area contributed by atoms with E-state index in [1.807, 2.05) is 80.6 Å². The SMILES string of the molecule is CCCOc1c(Br)cc(C2C(C(=O)Nc3ccccc3)=C(C)Nc3nc(SCc4ccccc4Cl)nn32)cc1OC. The van der Waals surface area contributed by atoms with Gasteiger partial charge in [-0.1, -0.05) is 66.7 Å². The average molecular weight is 655 g/mol. The van der Waals surface area contributed by atoms with Gasteiger partial charge in [0.15, 0.2) is 11.5 Å². The molecule has 1 aromatic heterocycles. The normalized spacial score (nSPS) is 14.3. The van der Waals surface area contributed by atoms with E-state index in [1.54, 1.807) is 11.8 Å². The molecule has 0 radical (unpaired) electrons. The molecule has 11 heteroatoms. The van der Waals surface area contributed by atoms with Crippen molar-refractivity contribution in [3.05, 3.63) is 98.6 Å². The Labute approximate surface area is 256 Å². The van der Waals surface area contributed by atoms with Crippen LogP contribution >= 0.6 is 39.3 Å². The highest BCUT2D eigenvalue weighted by molar-refractivity contribution is 9.10. The molecule has 1 amide bonds. The summed E-state index contributed by atoms with van der Waals surface area (Å²) in [5, 5.41) is 12.4. The van der Waals surface area contributed by atoms with Gasteiger partial charge in [0.05, 0.1) is 23.8 Å². The highest BCUT2D eigenvalue weighted by Gasteiger charge is 2.35. The molecule has 0 fully saturated rings. The number of halogens is 2. The van der Waals surface area contributed by atoms with Crippen LogP contribution in [0.3, 0.4) is 0 Å². The van der Waals surface area contributed by atoms with Crippen LogP contribution in [0.15, 0.2) is 87.6 Å². The quantitative estimate of drug-likeness (QED) is 0.169. The summed E-state index contributed by atoms with van der Waals surface area (Å²) in [7, 11) is 1.60. The number of carbonyl (C=O) groups is 1. The number of ether oxygens (including phenoxy) is 2. The van der Waals surface area contributed by atoms with Crippen LogP contribution in [0.1, 0.15) is 37.4 Å². The minimum Gasteiger partial charge on any atom is -0.493 e. The van der Waals surface area contributed by atoms with E-state index in [-0.39, 0.29) is 5.91 Å². The smallest absolute Gasteiger partial charge is 0.255 e. The van der Waals surface area contributed by atoms with Crippen molar-refractivity contribution in [3.63, 3.8) is 0 Å². The first-order valence-corrected chi connectivity index (χ1v) is 15.2. The fourth-order valence-electron chi connectivity index (χ4n) is 4.51. The monoisotopic (exact) mass is 653 g/mol. The van der Waals surface area contributed by atoms with Gasteiger partial charge in [-0.25, -0.2) is 4.68 Å². The van der Waals surface area contributed by atoms with Gasteiger partial charge in [0.1, 0.15) is 6.04 Å². The molecule has 1 unspecified atom stereocenters. The topological polar surface area (TPSA) is 90.3 Å². The molecule has 0 aliphatic carbocycles. The summed E-state index contributed by atoms with van der Waals surface area (Å²) in [5.74, 6) is 2.05. The van der Waals surface area contributed by atoms with Crippen LogP contribution in [-0.4, -0.2) is 34.4 Å². The molecule has 0 bridgehead atoms. The molecule has 41 heavy (non-hydrogen) atoms. The molecular formula is C30H29BrClN5O3S. The molecule has 8 nitrogen and oxygen atoms in total. The Hall–Kier alpha value is -3.47. The standard InChI is InChI=1S/C30H29BrClN5O3S/c1-4-14-40-27-22(31)15-20(16-24(27)39-3)26-25(28(38)34-21-11-6-5-7-12-21)18(2)33-29-35-30(36-37(26)29)41-17-19-10-8-9-13-23(19)32/h5-13,15-16,26H,4,14,17H2,1-3H3,(H,34,38)(H,33,35,36). The number of hydrogen-bond donors (Lipinski definition) is 2. The summed E-state index contributed by atoms with van der Waals surface area (Å²) in [6.45, 7) is 4.46. The lowest BCUT2D eigenvalue weighted by Gasteiger charge is -2.29. The first kappa shape index (κ1) is 29.0. The second-order valence-electron chi connectivity index (χ2n) is 9.31. The predicted octanol–water partition coefficient (Wildman–Crippen LogP) is 7.71. The first-order valence-electron chi connectivity index (χ1n) is 13.1. The third-order valence-corrected chi connectivity index (χ3v) is 8.29. The Balaban J connectivity index is 1.56. The molecule has 1 aliphatic rings. The van der Waals surface area contributed by atoms with Crippen molar-refractivity contribution < 1.29 is 14.3 Å². The minimum atomic E-state index is -0.595. The lowest BCUT2D eigenvalue weighted by molar-refractivity contribution is -0.113. The number of nitrogens with one attached hydrogen (secondary N) is 2. The Morgan fingerprint density at radius 3 is 2.66 bits per heavy atom. The fraction of sp³-hybridized carbons (Fsp3) is 0.233. The number of benzene rings is 3. The second kappa shape index (κ2) is 13.0. The second-order valence-corrected chi connectivity index (χ2v) is 11.5. The number of fused-ring (bicyclic) bond motifs is 1. The largest absolute Gasteiger partial charge is 0.493 e. The Bertz CT molecular complexity index is 1590. The molecule has 2 heterocycles. The fourth-order valence-corrected chi connectivity index (χ4v) is 6.20. The summed E-state index contributed by atoms with van der Waals surface area (Å²) in [6.07, 6.45) is 0.855. The van der Waals surface area contributed by atoms with E-state index in [2.05, 4.69) is 26.6 Å². The summed E-state index contributed by atoms with van der Waals surface area (Å²) in [5.41, 5.74) is 3.65. The van der Waals surface area contributed by atoms with Gasteiger partial charge in [0, 0.05) is 22.2 Å². The number of methoxy groups -OCH3 is 1. The maximum absolute atomic E-state index is 13.8. The molecule has 4 aromatic rings. The van der Waals surface area contributed by atoms with Gasteiger partial charge >= 0.3 is 0 Å². The van der Waals surface area contributed by atoms with Crippen LogP contribution in [0.4, 0.5) is 11.6 Å². The van der Waals surface area contributed by atoms with E-state index in [0.29, 0.717) is 61.4 Å². The van der Waals surface area contributed by atoms with Crippen LogP contribution in [-0.2, 0) is 10.5 Å². The van der Waals surface area contributed by atoms with Gasteiger partial charge in [-0.15, -0.1) is 5.10 Å². The molecule has 3 aromatic carbocycles. The van der Waals surface area contributed by atoms with Crippen LogP contribution in [0.5, 0.6) is 11.5 Å². The molecule has 0 spiro atoms. The zero-order valence-corrected chi connectivity index (χ0v) is 25.9. The molecular weight excluding hydrogens is 626 g/mol. The summed E-state index contributed by atoms with van der Waals surface area (Å²) in [4.78, 5) is 18.6. The van der Waals surface area contributed by atoms with Crippen molar-refractivity contribution in [1.82, 2.24) is 14.8 Å². The number of hydrogen-bond acceptors (Lipinski definition) is 7. The van der Waals surface area contributed by atoms with Crippen molar-refractivity contribution in [2.45, 2.75) is 37.2 Å². The van der Waals surface area contributed by atoms with E-state index in [4.69, 9.17) is 31.2 Å². The number of thioether (sulfide) groups is 1. The van der Waals surface area contributed by atoms with Crippen LogP contribution < -0.4 is 20.1 Å². The number of carbonyl (C=O) groups excluding carboxylic acids is 1. The summed E-state index contributed by atoms with van der Waals surface area (Å²) >= 11 is 11.5. The highest BCUT2D eigenvalue weighted by atomic mass is 79.9. The molecule has 212 valence electrons. The molecule has 1 atom stereocenters. The van der Waals surface area contributed by atoms with E-state index < -0.39 is 6.04 Å². The molecule has 5 rings (SSSR count). The lowest BCUT2D eigenvalue weighted by atomic mass is 9.94. The van der Waals surface area contributed by atoms with Crippen LogP contribution in [0, 0.1) is 0 Å². The van der Waals surface area contributed by atoms with E-state index in [0.717, 1.165) is 17.5 Å². The third-order valence-electron chi connectivity index (χ3n) is 6.44. The minimum absolute atomic E-state index is 0.251. The zero-order valence-electron chi connectivity index (χ0n) is 22.8. The van der Waals surface area contributed by atoms with Crippen molar-refractivity contribution in [3.8, 4) is 11.5 Å². The maximum atomic E-state index is 13.8. The highest BCUT2D eigenvalue weighted by Crippen LogP contribution is 2.43. The van der Waals surface area contributed by atoms with E-state index in [1.165, 1.54) is 11.8 Å². The molecule has 0 saturated heterocycles. The summed E-state index contributed by atoms with van der Waals surface area (Å²) < 4.78 is 14.1. The zero-order chi connectivity index (χ0) is 28.9. The molecule has 1 aliphatic heterocycles. The number of aromatic nitrogens is 3. The van der Waals surface area contributed by atoms with Crippen molar-refractivity contribution in [2.75, 3.05) is 24.4 Å². The number of amides is 1. The lowest BCUT2D eigenvalue weighted by Crippen LogP contribution is -2.31. The van der Waals surface area contributed by atoms with Crippen molar-refractivity contribution in [2.24, 2.45) is 0 Å². The predicted molar refractivity (Wildman–Crippen MR) is 167 cm³/mol. The van der Waals surface area contributed by atoms with Gasteiger partial charge in [-0.2, -0.15) is 4.98 Å². The number of anilines is 2. The number of nitrogens with zero attached hydrogens (tertiary/aromatic N) is 3. The molecule has 2 N–H and O–H groups in total. The number of para-hydroxylation sites is 1. The first-order chi connectivity index (χ1) is 19.9. The molecule has 0 saturated carbocycles. The van der Waals surface area contributed by atoms with Crippen LogP contribution in [0.25, 0.3) is 0 Å². The summed E-state index contributed by atoms with van der Waals surface area (Å²) in [6, 6.07) is 20.3. The van der Waals surface area contributed by atoms with Gasteiger partial charge in [0.25, 0.3) is 5.91 Å². The van der Waals surface area contributed by atoms with Crippen molar-refractivity contribution >= 4 is 56.8 Å². The van der Waals surface area contributed by atoms with Gasteiger partial charge < -0.3 is 20.1 Å². The number of allylic oxidation sites excluding steroid dienone is 1. The number of rotatable bonds is 10. The Morgan fingerprint density at radius 1 is 1.17 bits per heavy atom. The van der Waals surface area contributed by atoms with Gasteiger partial charge in [-0.3, -0.25) is 4.79 Å². The van der Waals surface area contributed by atoms with Crippen molar-refractivity contribution in [1.29, 1.82) is 0 Å². The Kier molecular flexibility index (Phi) is 9.22. The van der Waals surface area contributed by atoms with E-state index >= 15 is 0 Å².